The van der Waals surface area contributed by atoms with Crippen LogP contribution in [-0.4, -0.2) is 36.4 Å². The second-order valence-electron chi connectivity index (χ2n) is 6.22. The fraction of sp³-hybridized carbons (Fsp3) is 0.353. The lowest BCUT2D eigenvalue weighted by Gasteiger charge is -2.36. The third-order valence-electron chi connectivity index (χ3n) is 4.47. The van der Waals surface area contributed by atoms with E-state index in [1.165, 1.54) is 0 Å². The molecule has 0 aliphatic heterocycles. The van der Waals surface area contributed by atoms with E-state index in [1.54, 1.807) is 16.9 Å². The third kappa shape index (κ3) is 3.32. The molecule has 1 saturated carbocycles. The van der Waals surface area contributed by atoms with Crippen LogP contribution in [0.5, 0.6) is 0 Å². The molecule has 4 rings (SSSR count). The normalized spacial score (nSPS) is 21.0. The van der Waals surface area contributed by atoms with E-state index in [2.05, 4.69) is 20.8 Å². The van der Waals surface area contributed by atoms with Crippen LogP contribution < -0.4 is 5.32 Å². The number of aromatic nitrogens is 4. The van der Waals surface area contributed by atoms with Crippen LogP contribution in [-0.2, 0) is 6.61 Å². The largest absolute Gasteiger partial charge is 0.390 e. The van der Waals surface area contributed by atoms with Crippen LogP contribution in [0.25, 0.3) is 11.3 Å². The Morgan fingerprint density at radius 2 is 2.08 bits per heavy atom. The highest BCUT2D eigenvalue weighted by atomic mass is 16.5. The van der Waals surface area contributed by atoms with E-state index < -0.39 is 6.23 Å². The van der Waals surface area contributed by atoms with Crippen molar-refractivity contribution in [2.45, 2.75) is 37.8 Å². The first-order chi connectivity index (χ1) is 12.2. The molecule has 0 bridgehead atoms. The van der Waals surface area contributed by atoms with Crippen LogP contribution in [0.2, 0.25) is 0 Å². The summed E-state index contributed by atoms with van der Waals surface area (Å²) in [4.78, 5) is 0. The minimum absolute atomic E-state index is 0.108. The predicted molar refractivity (Wildman–Crippen MR) is 88.0 cm³/mol. The third-order valence-corrected chi connectivity index (χ3v) is 4.47. The standard InChI is InChI=1S/C17H19N5O3/c23-10-13-9-22(21-19-13)14-6-12(7-14)18-17(24)15-8-16(25-20-15)11-4-2-1-3-5-11/h1-5,8-9,12,14,17-18,23-24H,6-7,10H2. The highest BCUT2D eigenvalue weighted by Crippen LogP contribution is 2.33. The SMILES string of the molecule is OCc1cn(C2CC(NC(O)c3cc(-c4ccccc4)on3)C2)nn1. The van der Waals surface area contributed by atoms with Crippen LogP contribution in [0.3, 0.4) is 0 Å². The first kappa shape index (κ1) is 15.9. The van der Waals surface area contributed by atoms with Gasteiger partial charge in [-0.05, 0) is 12.8 Å². The summed E-state index contributed by atoms with van der Waals surface area (Å²) in [7, 11) is 0. The van der Waals surface area contributed by atoms with E-state index >= 15 is 0 Å². The van der Waals surface area contributed by atoms with Gasteiger partial charge in [0.1, 0.15) is 11.4 Å². The number of aliphatic hydroxyl groups excluding tert-OH is 2. The molecule has 2 aromatic heterocycles. The second kappa shape index (κ2) is 6.75. The van der Waals surface area contributed by atoms with Crippen LogP contribution in [0.1, 0.15) is 36.5 Å². The minimum Gasteiger partial charge on any atom is -0.390 e. The van der Waals surface area contributed by atoms with E-state index in [0.29, 0.717) is 17.1 Å². The molecule has 1 fully saturated rings. The Morgan fingerprint density at radius 3 is 2.80 bits per heavy atom. The number of rotatable bonds is 6. The summed E-state index contributed by atoms with van der Waals surface area (Å²) >= 11 is 0. The molecule has 3 aromatic rings. The fourth-order valence-corrected chi connectivity index (χ4v) is 2.97. The van der Waals surface area contributed by atoms with Gasteiger partial charge in [0.25, 0.3) is 0 Å². The molecule has 1 atom stereocenters. The average Bonchev–Trinajstić information content (AvgIpc) is 3.27. The lowest BCUT2D eigenvalue weighted by Crippen LogP contribution is -2.44. The lowest BCUT2D eigenvalue weighted by molar-refractivity contribution is 0.0781. The summed E-state index contributed by atoms with van der Waals surface area (Å²) in [6.07, 6.45) is 2.53. The van der Waals surface area contributed by atoms with Gasteiger partial charge in [-0.2, -0.15) is 0 Å². The molecule has 1 aromatic carbocycles. The van der Waals surface area contributed by atoms with Gasteiger partial charge in [0, 0.05) is 17.7 Å². The van der Waals surface area contributed by atoms with Gasteiger partial charge < -0.3 is 14.7 Å². The maximum atomic E-state index is 10.3. The maximum absolute atomic E-state index is 10.3. The van der Waals surface area contributed by atoms with E-state index in [1.807, 2.05) is 30.3 Å². The summed E-state index contributed by atoms with van der Waals surface area (Å²) in [5.41, 5.74) is 1.95. The second-order valence-corrected chi connectivity index (χ2v) is 6.22. The van der Waals surface area contributed by atoms with Crippen LogP contribution in [0, 0.1) is 0 Å². The summed E-state index contributed by atoms with van der Waals surface area (Å²) in [5.74, 6) is 0.627. The van der Waals surface area contributed by atoms with E-state index in [-0.39, 0.29) is 18.7 Å². The number of aliphatic hydroxyl groups is 2. The van der Waals surface area contributed by atoms with Gasteiger partial charge in [0.15, 0.2) is 12.0 Å². The van der Waals surface area contributed by atoms with Gasteiger partial charge in [0.05, 0.1) is 18.8 Å². The van der Waals surface area contributed by atoms with E-state index in [4.69, 9.17) is 9.63 Å². The van der Waals surface area contributed by atoms with Crippen molar-refractivity contribution >= 4 is 0 Å². The van der Waals surface area contributed by atoms with Gasteiger partial charge in [-0.25, -0.2) is 4.68 Å². The topological polar surface area (TPSA) is 109 Å². The molecule has 0 radical (unpaired) electrons. The maximum Gasteiger partial charge on any atom is 0.167 e. The molecular weight excluding hydrogens is 322 g/mol. The van der Waals surface area contributed by atoms with Crippen molar-refractivity contribution in [1.29, 1.82) is 0 Å². The zero-order chi connectivity index (χ0) is 17.2. The van der Waals surface area contributed by atoms with Gasteiger partial charge in [-0.3, -0.25) is 5.32 Å². The number of hydrogen-bond acceptors (Lipinski definition) is 7. The van der Waals surface area contributed by atoms with Crippen LogP contribution in [0.15, 0.2) is 47.1 Å². The van der Waals surface area contributed by atoms with Gasteiger partial charge >= 0.3 is 0 Å². The number of benzene rings is 1. The quantitative estimate of drug-likeness (QED) is 0.582. The highest BCUT2D eigenvalue weighted by molar-refractivity contribution is 5.56. The fourth-order valence-electron chi connectivity index (χ4n) is 2.97. The van der Waals surface area contributed by atoms with E-state index in [9.17, 15) is 5.11 Å². The highest BCUT2D eigenvalue weighted by Gasteiger charge is 2.33. The Labute approximate surface area is 144 Å². The molecule has 1 aliphatic rings. The van der Waals surface area contributed by atoms with Crippen molar-refractivity contribution in [3.05, 3.63) is 54.0 Å². The molecule has 2 heterocycles. The van der Waals surface area contributed by atoms with Crippen molar-refractivity contribution in [3.63, 3.8) is 0 Å². The molecule has 1 aliphatic carbocycles. The Bertz CT molecular complexity index is 826. The first-order valence-electron chi connectivity index (χ1n) is 8.20. The summed E-state index contributed by atoms with van der Waals surface area (Å²) < 4.78 is 7.08. The number of hydrogen-bond donors (Lipinski definition) is 3. The van der Waals surface area contributed by atoms with Gasteiger partial charge in [-0.15, -0.1) is 5.10 Å². The summed E-state index contributed by atoms with van der Waals surface area (Å²) in [6, 6.07) is 11.8. The Morgan fingerprint density at radius 1 is 1.28 bits per heavy atom. The van der Waals surface area contributed by atoms with Crippen molar-refractivity contribution in [1.82, 2.24) is 25.5 Å². The molecule has 8 nitrogen and oxygen atoms in total. The van der Waals surface area contributed by atoms with Crippen molar-refractivity contribution in [2.24, 2.45) is 0 Å². The number of nitrogens with one attached hydrogen (secondary N) is 1. The first-order valence-corrected chi connectivity index (χ1v) is 8.20. The Kier molecular flexibility index (Phi) is 4.31. The molecule has 3 N–H and O–H groups in total. The van der Waals surface area contributed by atoms with Crippen molar-refractivity contribution in [3.8, 4) is 11.3 Å². The molecule has 0 saturated heterocycles. The summed E-state index contributed by atoms with van der Waals surface area (Å²) in [6.45, 7) is -0.108. The molecule has 0 amide bonds. The lowest BCUT2D eigenvalue weighted by atomic mass is 9.86. The Balaban J connectivity index is 1.33. The average molecular weight is 341 g/mol. The molecule has 1 unspecified atom stereocenters. The van der Waals surface area contributed by atoms with Crippen molar-refractivity contribution in [2.75, 3.05) is 0 Å². The van der Waals surface area contributed by atoms with Gasteiger partial charge in [0.2, 0.25) is 0 Å². The summed E-state index contributed by atoms with van der Waals surface area (Å²) in [5, 5.41) is 34.3. The smallest absolute Gasteiger partial charge is 0.167 e. The zero-order valence-electron chi connectivity index (χ0n) is 13.5. The predicted octanol–water partition coefficient (Wildman–Crippen LogP) is 1.41. The Hall–Kier alpha value is -2.55. The van der Waals surface area contributed by atoms with Gasteiger partial charge in [-0.1, -0.05) is 40.7 Å². The minimum atomic E-state index is -0.879. The molecule has 130 valence electrons. The zero-order valence-corrected chi connectivity index (χ0v) is 13.5. The van der Waals surface area contributed by atoms with Crippen LogP contribution in [0.4, 0.5) is 0 Å². The van der Waals surface area contributed by atoms with Crippen molar-refractivity contribution < 1.29 is 14.7 Å². The molecule has 8 heteroatoms. The van der Waals surface area contributed by atoms with E-state index in [0.717, 1.165) is 18.4 Å². The molecule has 0 spiro atoms. The monoisotopic (exact) mass is 341 g/mol. The molecular formula is C17H19N5O3. The molecule has 25 heavy (non-hydrogen) atoms. The van der Waals surface area contributed by atoms with Crippen LogP contribution >= 0.6 is 0 Å². The number of nitrogens with zero attached hydrogens (tertiary/aromatic N) is 4.